The molecule has 122 valence electrons. The van der Waals surface area contributed by atoms with Gasteiger partial charge in [0.1, 0.15) is 11.8 Å². The standard InChI is InChI=1S/C18H21NO4/c1-23-16-5-4-12-10-14(3-2-13(12)11-16)17(18(21)22)19-8-6-15(20)7-9-19/h2-5,10-11,15,17,20H,6-9H2,1H3,(H,21,22). The number of aliphatic carboxylic acids is 1. The van der Waals surface area contributed by atoms with Gasteiger partial charge in [0, 0.05) is 13.1 Å². The molecule has 23 heavy (non-hydrogen) atoms. The van der Waals surface area contributed by atoms with Crippen LogP contribution in [0.5, 0.6) is 5.75 Å². The number of nitrogens with zero attached hydrogens (tertiary/aromatic N) is 1. The highest BCUT2D eigenvalue weighted by atomic mass is 16.5. The van der Waals surface area contributed by atoms with Crippen molar-refractivity contribution in [1.29, 1.82) is 0 Å². The summed E-state index contributed by atoms with van der Waals surface area (Å²) in [4.78, 5) is 13.7. The van der Waals surface area contributed by atoms with Crippen LogP contribution in [0.3, 0.4) is 0 Å². The molecule has 0 aromatic heterocycles. The van der Waals surface area contributed by atoms with E-state index in [-0.39, 0.29) is 6.10 Å². The van der Waals surface area contributed by atoms with E-state index in [1.165, 1.54) is 0 Å². The Bertz CT molecular complexity index is 707. The third kappa shape index (κ3) is 3.30. The minimum Gasteiger partial charge on any atom is -0.497 e. The molecule has 1 unspecified atom stereocenters. The Kier molecular flexibility index (Phi) is 4.50. The van der Waals surface area contributed by atoms with E-state index < -0.39 is 12.0 Å². The van der Waals surface area contributed by atoms with E-state index in [0.29, 0.717) is 25.9 Å². The normalized spacial score (nSPS) is 18.0. The SMILES string of the molecule is COc1ccc2cc(C(C(=O)O)N3CCC(O)CC3)ccc2c1. The topological polar surface area (TPSA) is 70.0 Å². The lowest BCUT2D eigenvalue weighted by Gasteiger charge is -2.34. The Morgan fingerprint density at radius 3 is 2.48 bits per heavy atom. The molecule has 1 atom stereocenters. The van der Waals surface area contributed by atoms with Crippen LogP contribution in [0.4, 0.5) is 0 Å². The summed E-state index contributed by atoms with van der Waals surface area (Å²) in [7, 11) is 1.63. The van der Waals surface area contributed by atoms with Gasteiger partial charge in [-0.3, -0.25) is 9.69 Å². The fourth-order valence-corrected chi connectivity index (χ4v) is 3.19. The molecule has 1 aliphatic rings. The summed E-state index contributed by atoms with van der Waals surface area (Å²) >= 11 is 0. The molecule has 0 saturated carbocycles. The van der Waals surface area contributed by atoms with Crippen LogP contribution in [0.2, 0.25) is 0 Å². The van der Waals surface area contributed by atoms with Gasteiger partial charge < -0.3 is 14.9 Å². The quantitative estimate of drug-likeness (QED) is 0.907. The van der Waals surface area contributed by atoms with Crippen molar-refractivity contribution in [2.75, 3.05) is 20.2 Å². The average Bonchev–Trinajstić information content (AvgIpc) is 2.56. The number of ether oxygens (including phenoxy) is 1. The molecule has 0 aliphatic carbocycles. The first kappa shape index (κ1) is 15.8. The highest BCUT2D eigenvalue weighted by Crippen LogP contribution is 2.29. The number of carboxylic acid groups (broad SMARTS) is 1. The van der Waals surface area contributed by atoms with E-state index in [1.54, 1.807) is 7.11 Å². The van der Waals surface area contributed by atoms with Crippen molar-refractivity contribution >= 4 is 16.7 Å². The minimum absolute atomic E-state index is 0.315. The fraction of sp³-hybridized carbons (Fsp3) is 0.389. The lowest BCUT2D eigenvalue weighted by atomic mass is 9.98. The molecule has 5 nitrogen and oxygen atoms in total. The molecule has 0 radical (unpaired) electrons. The first-order valence-electron chi connectivity index (χ1n) is 7.81. The molecular weight excluding hydrogens is 294 g/mol. The number of methoxy groups -OCH3 is 1. The number of aliphatic hydroxyl groups excluding tert-OH is 1. The number of piperidine rings is 1. The predicted molar refractivity (Wildman–Crippen MR) is 87.7 cm³/mol. The average molecular weight is 315 g/mol. The smallest absolute Gasteiger partial charge is 0.325 e. The van der Waals surface area contributed by atoms with Gasteiger partial charge in [-0.05, 0) is 47.4 Å². The Balaban J connectivity index is 1.93. The number of likely N-dealkylation sites (tertiary alicyclic amines) is 1. The molecule has 0 spiro atoms. The molecule has 0 amide bonds. The summed E-state index contributed by atoms with van der Waals surface area (Å²) in [5.74, 6) is -0.0701. The highest BCUT2D eigenvalue weighted by Gasteiger charge is 2.30. The number of fused-ring (bicyclic) bond motifs is 1. The molecule has 2 aromatic rings. The van der Waals surface area contributed by atoms with Crippen LogP contribution < -0.4 is 4.74 Å². The number of hydrogen-bond donors (Lipinski definition) is 2. The van der Waals surface area contributed by atoms with Gasteiger partial charge in [-0.2, -0.15) is 0 Å². The summed E-state index contributed by atoms with van der Waals surface area (Å²) < 4.78 is 5.22. The van der Waals surface area contributed by atoms with Crippen LogP contribution in [0.1, 0.15) is 24.4 Å². The molecular formula is C18H21NO4. The highest BCUT2D eigenvalue weighted by molar-refractivity contribution is 5.86. The third-order valence-corrected chi connectivity index (χ3v) is 4.49. The van der Waals surface area contributed by atoms with Crippen molar-refractivity contribution in [1.82, 2.24) is 4.90 Å². The van der Waals surface area contributed by atoms with E-state index in [0.717, 1.165) is 22.1 Å². The van der Waals surface area contributed by atoms with Crippen molar-refractivity contribution in [3.63, 3.8) is 0 Å². The van der Waals surface area contributed by atoms with Crippen molar-refractivity contribution < 1.29 is 19.7 Å². The Morgan fingerprint density at radius 1 is 1.17 bits per heavy atom. The zero-order valence-electron chi connectivity index (χ0n) is 13.1. The summed E-state index contributed by atoms with van der Waals surface area (Å²) in [6.45, 7) is 1.19. The van der Waals surface area contributed by atoms with Crippen LogP contribution in [-0.2, 0) is 4.79 Å². The maximum atomic E-state index is 11.8. The van der Waals surface area contributed by atoms with Gasteiger partial charge in [0.15, 0.2) is 0 Å². The Morgan fingerprint density at radius 2 is 1.83 bits per heavy atom. The van der Waals surface area contributed by atoms with Gasteiger partial charge in [0.2, 0.25) is 0 Å². The van der Waals surface area contributed by atoms with Crippen molar-refractivity contribution in [3.8, 4) is 5.75 Å². The number of benzene rings is 2. The maximum Gasteiger partial charge on any atom is 0.325 e. The molecule has 0 bridgehead atoms. The number of carbonyl (C=O) groups is 1. The van der Waals surface area contributed by atoms with Crippen molar-refractivity contribution in [2.24, 2.45) is 0 Å². The number of hydrogen-bond acceptors (Lipinski definition) is 4. The number of rotatable bonds is 4. The second-order valence-corrected chi connectivity index (χ2v) is 5.98. The summed E-state index contributed by atoms with van der Waals surface area (Å²) in [5.41, 5.74) is 0.770. The third-order valence-electron chi connectivity index (χ3n) is 4.49. The summed E-state index contributed by atoms with van der Waals surface area (Å²) in [6, 6.07) is 10.8. The Hall–Kier alpha value is -2.11. The van der Waals surface area contributed by atoms with E-state index in [9.17, 15) is 15.0 Å². The molecule has 1 aliphatic heterocycles. The van der Waals surface area contributed by atoms with Gasteiger partial charge in [0.05, 0.1) is 13.2 Å². The van der Waals surface area contributed by atoms with Crippen LogP contribution in [0.25, 0.3) is 10.8 Å². The largest absolute Gasteiger partial charge is 0.497 e. The van der Waals surface area contributed by atoms with Gasteiger partial charge in [0.25, 0.3) is 0 Å². The predicted octanol–water partition coefficient (Wildman–Crippen LogP) is 2.43. The molecule has 1 fully saturated rings. The van der Waals surface area contributed by atoms with E-state index in [1.807, 2.05) is 41.3 Å². The first-order valence-corrected chi connectivity index (χ1v) is 7.81. The van der Waals surface area contributed by atoms with Crippen LogP contribution in [0, 0.1) is 0 Å². The van der Waals surface area contributed by atoms with E-state index in [4.69, 9.17) is 4.74 Å². The second-order valence-electron chi connectivity index (χ2n) is 5.98. The fourth-order valence-electron chi connectivity index (χ4n) is 3.19. The van der Waals surface area contributed by atoms with E-state index >= 15 is 0 Å². The summed E-state index contributed by atoms with van der Waals surface area (Å²) in [5, 5.41) is 21.3. The van der Waals surface area contributed by atoms with Gasteiger partial charge >= 0.3 is 5.97 Å². The molecule has 2 aromatic carbocycles. The zero-order valence-corrected chi connectivity index (χ0v) is 13.1. The minimum atomic E-state index is -0.853. The first-order chi connectivity index (χ1) is 11.1. The molecule has 3 rings (SSSR count). The second kappa shape index (κ2) is 6.56. The molecule has 5 heteroatoms. The molecule has 2 N–H and O–H groups in total. The lowest BCUT2D eigenvalue weighted by Crippen LogP contribution is -2.41. The maximum absolute atomic E-state index is 11.8. The van der Waals surface area contributed by atoms with Gasteiger partial charge in [-0.15, -0.1) is 0 Å². The number of carboxylic acids is 1. The Labute approximate surface area is 135 Å². The molecule has 1 heterocycles. The number of aliphatic hydroxyl groups is 1. The van der Waals surface area contributed by atoms with E-state index in [2.05, 4.69) is 0 Å². The molecule has 1 saturated heterocycles. The van der Waals surface area contributed by atoms with Gasteiger partial charge in [-0.1, -0.05) is 18.2 Å². The van der Waals surface area contributed by atoms with Crippen LogP contribution in [-0.4, -0.2) is 47.4 Å². The van der Waals surface area contributed by atoms with Crippen LogP contribution >= 0.6 is 0 Å². The van der Waals surface area contributed by atoms with Gasteiger partial charge in [-0.25, -0.2) is 0 Å². The van der Waals surface area contributed by atoms with Crippen LogP contribution in [0.15, 0.2) is 36.4 Å². The monoisotopic (exact) mass is 315 g/mol. The summed E-state index contributed by atoms with van der Waals surface area (Å²) in [6.07, 6.45) is 0.924. The van der Waals surface area contributed by atoms with Crippen molar-refractivity contribution in [2.45, 2.75) is 25.0 Å². The lowest BCUT2D eigenvalue weighted by molar-refractivity contribution is -0.144. The zero-order chi connectivity index (χ0) is 16.4. The van der Waals surface area contributed by atoms with Crippen molar-refractivity contribution in [3.05, 3.63) is 42.0 Å².